The number of ether oxygens (including phenoxy) is 2. The fourth-order valence-electron chi connectivity index (χ4n) is 2.54. The average molecular weight is 359 g/mol. The molecule has 0 unspecified atom stereocenters. The molecule has 1 aromatic carbocycles. The number of hydrogen-bond acceptors (Lipinski definition) is 6. The van der Waals surface area contributed by atoms with Gasteiger partial charge in [0.25, 0.3) is 0 Å². The van der Waals surface area contributed by atoms with Crippen molar-refractivity contribution in [2.45, 2.75) is 24.0 Å². The molecule has 7 heteroatoms. The molecule has 1 fully saturated rings. The predicted octanol–water partition coefficient (Wildman–Crippen LogP) is 2.54. The van der Waals surface area contributed by atoms with Crippen LogP contribution >= 0.6 is 11.8 Å². The Balaban J connectivity index is 1.47. The zero-order valence-electron chi connectivity index (χ0n) is 14.1. The lowest BCUT2D eigenvalue weighted by Gasteiger charge is -2.10. The highest BCUT2D eigenvalue weighted by Gasteiger charge is 2.16. The molecule has 0 saturated carbocycles. The third kappa shape index (κ3) is 5.17. The quantitative estimate of drug-likeness (QED) is 0.766. The normalized spacial score (nSPS) is 16.6. The molecule has 1 aliphatic rings. The molecule has 6 nitrogen and oxygen atoms in total. The average Bonchev–Trinajstić information content (AvgIpc) is 3.19. The van der Waals surface area contributed by atoms with Crippen LogP contribution in [0.15, 0.2) is 41.4 Å². The van der Waals surface area contributed by atoms with E-state index >= 15 is 0 Å². The van der Waals surface area contributed by atoms with Crippen LogP contribution in [0.25, 0.3) is 11.3 Å². The van der Waals surface area contributed by atoms with Crippen molar-refractivity contribution in [1.82, 2.24) is 15.5 Å². The lowest BCUT2D eigenvalue weighted by atomic mass is 10.1. The molecule has 1 N–H and O–H groups in total. The number of methoxy groups -OCH3 is 1. The summed E-state index contributed by atoms with van der Waals surface area (Å²) in [4.78, 5) is 11.9. The summed E-state index contributed by atoms with van der Waals surface area (Å²) < 4.78 is 10.6. The second-order valence-corrected chi connectivity index (χ2v) is 6.71. The zero-order chi connectivity index (χ0) is 17.5. The van der Waals surface area contributed by atoms with Gasteiger partial charge in [0.05, 0.1) is 24.7 Å². The molecule has 1 saturated heterocycles. The highest BCUT2D eigenvalue weighted by Crippen LogP contribution is 2.22. The van der Waals surface area contributed by atoms with Crippen LogP contribution in [0, 0.1) is 0 Å². The van der Waals surface area contributed by atoms with Gasteiger partial charge >= 0.3 is 0 Å². The SMILES string of the molecule is COc1ccc(-c2ccc(SCC(=O)NC[C@H]3CCCO3)nn2)cc1. The summed E-state index contributed by atoms with van der Waals surface area (Å²) in [5, 5.41) is 12.0. The maximum atomic E-state index is 11.9. The molecule has 1 aromatic heterocycles. The molecule has 132 valence electrons. The van der Waals surface area contributed by atoms with Gasteiger partial charge in [0, 0.05) is 18.7 Å². The summed E-state index contributed by atoms with van der Waals surface area (Å²) in [5.41, 5.74) is 1.76. The molecule has 1 amide bonds. The van der Waals surface area contributed by atoms with Crippen molar-refractivity contribution in [3.05, 3.63) is 36.4 Å². The van der Waals surface area contributed by atoms with E-state index < -0.39 is 0 Å². The Bertz CT molecular complexity index is 686. The molecule has 0 bridgehead atoms. The molecule has 25 heavy (non-hydrogen) atoms. The molecule has 2 heterocycles. The molecule has 3 rings (SSSR count). The minimum atomic E-state index is -0.0125. The molecule has 1 aliphatic heterocycles. The molecule has 0 aliphatic carbocycles. The van der Waals surface area contributed by atoms with Gasteiger partial charge in [-0.1, -0.05) is 11.8 Å². The second-order valence-electron chi connectivity index (χ2n) is 5.71. The first kappa shape index (κ1) is 17.7. The minimum Gasteiger partial charge on any atom is -0.497 e. The lowest BCUT2D eigenvalue weighted by molar-refractivity contribution is -0.119. The van der Waals surface area contributed by atoms with Crippen LogP contribution in [0.3, 0.4) is 0 Å². The Hall–Kier alpha value is -2.12. The summed E-state index contributed by atoms with van der Waals surface area (Å²) in [7, 11) is 1.64. The van der Waals surface area contributed by atoms with Crippen molar-refractivity contribution in [3.63, 3.8) is 0 Å². The zero-order valence-corrected chi connectivity index (χ0v) is 14.9. The standard InChI is InChI=1S/C18H21N3O3S/c1-23-14-6-4-13(5-7-14)16-8-9-18(21-20-16)25-12-17(22)19-11-15-3-2-10-24-15/h4-9,15H,2-3,10-12H2,1H3,(H,19,22)/t15-/m1/s1. The summed E-state index contributed by atoms with van der Waals surface area (Å²) in [6.45, 7) is 1.38. The summed E-state index contributed by atoms with van der Waals surface area (Å²) in [5.74, 6) is 1.11. The van der Waals surface area contributed by atoms with Crippen LogP contribution in [0.2, 0.25) is 0 Å². The number of amides is 1. The molecule has 0 radical (unpaired) electrons. The topological polar surface area (TPSA) is 73.3 Å². The Morgan fingerprint density at radius 1 is 1.28 bits per heavy atom. The van der Waals surface area contributed by atoms with Crippen molar-refractivity contribution in [3.8, 4) is 17.0 Å². The van der Waals surface area contributed by atoms with Gasteiger partial charge < -0.3 is 14.8 Å². The van der Waals surface area contributed by atoms with Crippen LogP contribution in [-0.4, -0.2) is 48.2 Å². The van der Waals surface area contributed by atoms with Crippen LogP contribution < -0.4 is 10.1 Å². The van der Waals surface area contributed by atoms with Crippen LogP contribution in [0.4, 0.5) is 0 Å². The predicted molar refractivity (Wildman–Crippen MR) is 96.7 cm³/mol. The maximum Gasteiger partial charge on any atom is 0.230 e. The van der Waals surface area contributed by atoms with E-state index in [0.717, 1.165) is 41.5 Å². The minimum absolute atomic E-state index is 0.0125. The third-order valence-electron chi connectivity index (χ3n) is 3.93. The van der Waals surface area contributed by atoms with Gasteiger partial charge in [0.15, 0.2) is 0 Å². The van der Waals surface area contributed by atoms with Gasteiger partial charge in [-0.2, -0.15) is 0 Å². The van der Waals surface area contributed by atoms with E-state index in [1.54, 1.807) is 7.11 Å². The van der Waals surface area contributed by atoms with E-state index in [4.69, 9.17) is 9.47 Å². The van der Waals surface area contributed by atoms with E-state index in [-0.39, 0.29) is 12.0 Å². The highest BCUT2D eigenvalue weighted by atomic mass is 32.2. The van der Waals surface area contributed by atoms with E-state index in [1.165, 1.54) is 11.8 Å². The first-order valence-electron chi connectivity index (χ1n) is 8.24. The first-order chi connectivity index (χ1) is 12.2. The van der Waals surface area contributed by atoms with Gasteiger partial charge in [-0.05, 0) is 49.2 Å². The van der Waals surface area contributed by atoms with Crippen molar-refractivity contribution >= 4 is 17.7 Å². The number of hydrogen-bond donors (Lipinski definition) is 1. The fourth-order valence-corrected chi connectivity index (χ4v) is 3.18. The molecular weight excluding hydrogens is 338 g/mol. The van der Waals surface area contributed by atoms with Gasteiger partial charge in [0.2, 0.25) is 5.91 Å². The van der Waals surface area contributed by atoms with E-state index in [1.807, 2.05) is 36.4 Å². The van der Waals surface area contributed by atoms with Crippen molar-refractivity contribution in [2.24, 2.45) is 0 Å². The summed E-state index contributed by atoms with van der Waals surface area (Å²) >= 11 is 1.37. The highest BCUT2D eigenvalue weighted by molar-refractivity contribution is 7.99. The Morgan fingerprint density at radius 3 is 2.76 bits per heavy atom. The summed E-state index contributed by atoms with van der Waals surface area (Å²) in [6, 6.07) is 11.4. The molecule has 1 atom stereocenters. The lowest BCUT2D eigenvalue weighted by Crippen LogP contribution is -2.32. The Kier molecular flexibility index (Phi) is 6.25. The van der Waals surface area contributed by atoms with E-state index in [9.17, 15) is 4.79 Å². The van der Waals surface area contributed by atoms with Crippen LogP contribution in [-0.2, 0) is 9.53 Å². The van der Waals surface area contributed by atoms with Gasteiger partial charge in [-0.25, -0.2) is 0 Å². The van der Waals surface area contributed by atoms with Crippen molar-refractivity contribution < 1.29 is 14.3 Å². The number of nitrogens with one attached hydrogen (secondary N) is 1. The number of benzene rings is 1. The number of aromatic nitrogens is 2. The van der Waals surface area contributed by atoms with E-state index in [2.05, 4.69) is 15.5 Å². The fraction of sp³-hybridized carbons (Fsp3) is 0.389. The van der Waals surface area contributed by atoms with Gasteiger partial charge in [0.1, 0.15) is 10.8 Å². The van der Waals surface area contributed by atoms with Gasteiger partial charge in [-0.15, -0.1) is 10.2 Å². The number of carbonyl (C=O) groups is 1. The largest absolute Gasteiger partial charge is 0.497 e. The molecule has 2 aromatic rings. The number of rotatable bonds is 7. The van der Waals surface area contributed by atoms with Gasteiger partial charge in [-0.3, -0.25) is 4.79 Å². The Labute approximate surface area is 151 Å². The van der Waals surface area contributed by atoms with Crippen LogP contribution in [0.1, 0.15) is 12.8 Å². The second kappa shape index (κ2) is 8.82. The third-order valence-corrected chi connectivity index (χ3v) is 4.85. The Morgan fingerprint density at radius 2 is 2.12 bits per heavy atom. The van der Waals surface area contributed by atoms with E-state index in [0.29, 0.717) is 12.3 Å². The number of thioether (sulfide) groups is 1. The number of nitrogens with zero attached hydrogens (tertiary/aromatic N) is 2. The van der Waals surface area contributed by atoms with Crippen LogP contribution in [0.5, 0.6) is 5.75 Å². The summed E-state index contributed by atoms with van der Waals surface area (Å²) in [6.07, 6.45) is 2.26. The monoisotopic (exact) mass is 359 g/mol. The number of carbonyl (C=O) groups excluding carboxylic acids is 1. The maximum absolute atomic E-state index is 11.9. The molecular formula is C18H21N3O3S. The molecule has 0 spiro atoms. The smallest absolute Gasteiger partial charge is 0.230 e. The van der Waals surface area contributed by atoms with Crippen molar-refractivity contribution in [2.75, 3.05) is 26.0 Å². The van der Waals surface area contributed by atoms with Crippen molar-refractivity contribution in [1.29, 1.82) is 0 Å². The first-order valence-corrected chi connectivity index (χ1v) is 9.22.